The van der Waals surface area contributed by atoms with E-state index in [0.29, 0.717) is 0 Å². The number of unbranched alkanes of at least 4 members (excludes halogenated alkanes) is 1. The molecule has 0 saturated carbocycles. The number of halogens is 1. The Balaban J connectivity index is 0.00000312. The maximum atomic E-state index is 5.40. The number of anilines is 1. The Morgan fingerprint density at radius 2 is 1.88 bits per heavy atom. The maximum Gasteiger partial charge on any atom is 0.191 e. The molecule has 1 aliphatic rings. The largest absolute Gasteiger partial charge is 0.378 e. The van der Waals surface area contributed by atoms with Gasteiger partial charge in [0.2, 0.25) is 0 Å². The predicted octanol–water partition coefficient (Wildman–Crippen LogP) is 2.95. The summed E-state index contributed by atoms with van der Waals surface area (Å²) in [6, 6.07) is 8.76. The van der Waals surface area contributed by atoms with E-state index >= 15 is 0 Å². The molecule has 1 saturated heterocycles. The second-order valence-corrected chi connectivity index (χ2v) is 6.80. The summed E-state index contributed by atoms with van der Waals surface area (Å²) < 4.78 is 5.40. The Morgan fingerprint density at radius 1 is 1.16 bits per heavy atom. The first kappa shape index (κ1) is 22.4. The lowest BCUT2D eigenvalue weighted by molar-refractivity contribution is 0.122. The highest BCUT2D eigenvalue weighted by molar-refractivity contribution is 14.0. The van der Waals surface area contributed by atoms with Gasteiger partial charge in [0.25, 0.3) is 0 Å². The highest BCUT2D eigenvalue weighted by atomic mass is 127. The van der Waals surface area contributed by atoms with Crippen molar-refractivity contribution < 1.29 is 4.74 Å². The molecular formula is C18H31IN4OS. The Morgan fingerprint density at radius 3 is 2.52 bits per heavy atom. The maximum absolute atomic E-state index is 5.40. The zero-order chi connectivity index (χ0) is 17.0. The average Bonchev–Trinajstić information content (AvgIpc) is 2.65. The molecule has 2 N–H and O–H groups in total. The third kappa shape index (κ3) is 8.50. The van der Waals surface area contributed by atoms with E-state index in [0.717, 1.165) is 45.4 Å². The van der Waals surface area contributed by atoms with Gasteiger partial charge in [-0.15, -0.1) is 24.0 Å². The number of benzene rings is 1. The highest BCUT2D eigenvalue weighted by Gasteiger charge is 2.10. The van der Waals surface area contributed by atoms with Crippen molar-refractivity contribution in [3.05, 3.63) is 29.8 Å². The SMILES string of the molecule is CN=C(NCCCCSC)NCc1ccc(N2CCOCC2)cc1.I. The lowest BCUT2D eigenvalue weighted by Crippen LogP contribution is -2.37. The quantitative estimate of drug-likeness (QED) is 0.261. The zero-order valence-electron chi connectivity index (χ0n) is 15.3. The van der Waals surface area contributed by atoms with Crippen LogP contribution in [0.3, 0.4) is 0 Å². The number of ether oxygens (including phenoxy) is 1. The Hall–Kier alpha value is -0.670. The van der Waals surface area contributed by atoms with Crippen molar-refractivity contribution in [3.63, 3.8) is 0 Å². The molecule has 142 valence electrons. The fourth-order valence-electron chi connectivity index (χ4n) is 2.63. The molecule has 7 heteroatoms. The van der Waals surface area contributed by atoms with Gasteiger partial charge in [-0.25, -0.2) is 0 Å². The van der Waals surface area contributed by atoms with Gasteiger partial charge in [0.05, 0.1) is 13.2 Å². The number of nitrogens with one attached hydrogen (secondary N) is 2. The lowest BCUT2D eigenvalue weighted by atomic mass is 10.2. The Kier molecular flexibility index (Phi) is 12.1. The van der Waals surface area contributed by atoms with Crippen LogP contribution in [-0.4, -0.2) is 57.9 Å². The number of guanidine groups is 1. The van der Waals surface area contributed by atoms with Crippen molar-refractivity contribution in [2.24, 2.45) is 4.99 Å². The van der Waals surface area contributed by atoms with Crippen LogP contribution in [0.1, 0.15) is 18.4 Å². The molecule has 2 rings (SSSR count). The molecule has 1 aromatic rings. The van der Waals surface area contributed by atoms with Crippen LogP contribution in [0.5, 0.6) is 0 Å². The molecule has 0 atom stereocenters. The number of aliphatic imine (C=N–C) groups is 1. The summed E-state index contributed by atoms with van der Waals surface area (Å²) in [5.74, 6) is 2.10. The summed E-state index contributed by atoms with van der Waals surface area (Å²) in [5, 5.41) is 6.74. The molecule has 0 aromatic heterocycles. The van der Waals surface area contributed by atoms with Gasteiger partial charge < -0.3 is 20.3 Å². The minimum Gasteiger partial charge on any atom is -0.378 e. The van der Waals surface area contributed by atoms with Crippen molar-refractivity contribution in [3.8, 4) is 0 Å². The molecule has 0 unspecified atom stereocenters. The molecule has 1 heterocycles. The Bertz CT molecular complexity index is 492. The van der Waals surface area contributed by atoms with Crippen LogP contribution >= 0.6 is 35.7 Å². The van der Waals surface area contributed by atoms with E-state index in [1.807, 2.05) is 18.8 Å². The third-order valence-corrected chi connectivity index (χ3v) is 4.76. The van der Waals surface area contributed by atoms with E-state index in [4.69, 9.17) is 4.74 Å². The minimum atomic E-state index is 0. The third-order valence-electron chi connectivity index (χ3n) is 4.06. The van der Waals surface area contributed by atoms with Gasteiger partial charge >= 0.3 is 0 Å². The van der Waals surface area contributed by atoms with Crippen molar-refractivity contribution in [1.82, 2.24) is 10.6 Å². The van der Waals surface area contributed by atoms with Gasteiger partial charge in [-0.05, 0) is 42.5 Å². The molecule has 1 aromatic carbocycles. The second-order valence-electron chi connectivity index (χ2n) is 5.82. The highest BCUT2D eigenvalue weighted by Crippen LogP contribution is 2.16. The molecule has 0 spiro atoms. The molecule has 0 radical (unpaired) electrons. The fraction of sp³-hybridized carbons (Fsp3) is 0.611. The summed E-state index contributed by atoms with van der Waals surface area (Å²) in [5.41, 5.74) is 2.54. The first-order chi connectivity index (χ1) is 11.8. The van der Waals surface area contributed by atoms with E-state index in [9.17, 15) is 0 Å². The average molecular weight is 478 g/mol. The first-order valence-electron chi connectivity index (χ1n) is 8.68. The number of hydrogen-bond donors (Lipinski definition) is 2. The summed E-state index contributed by atoms with van der Waals surface area (Å²) >= 11 is 1.90. The second kappa shape index (κ2) is 13.5. The molecule has 0 amide bonds. The van der Waals surface area contributed by atoms with Gasteiger partial charge in [-0.1, -0.05) is 12.1 Å². The smallest absolute Gasteiger partial charge is 0.191 e. The van der Waals surface area contributed by atoms with E-state index in [2.05, 4.69) is 51.0 Å². The van der Waals surface area contributed by atoms with Gasteiger partial charge in [0, 0.05) is 38.9 Å². The van der Waals surface area contributed by atoms with E-state index in [1.54, 1.807) is 0 Å². The van der Waals surface area contributed by atoms with E-state index in [1.165, 1.54) is 29.8 Å². The summed E-state index contributed by atoms with van der Waals surface area (Å²) in [7, 11) is 1.82. The summed E-state index contributed by atoms with van der Waals surface area (Å²) in [6.07, 6.45) is 4.57. The van der Waals surface area contributed by atoms with Crippen molar-refractivity contribution in [2.45, 2.75) is 19.4 Å². The van der Waals surface area contributed by atoms with Gasteiger partial charge in [0.15, 0.2) is 5.96 Å². The van der Waals surface area contributed by atoms with E-state index in [-0.39, 0.29) is 24.0 Å². The molecule has 25 heavy (non-hydrogen) atoms. The number of rotatable bonds is 8. The van der Waals surface area contributed by atoms with Gasteiger partial charge in [-0.2, -0.15) is 11.8 Å². The van der Waals surface area contributed by atoms with Crippen molar-refractivity contribution in [2.75, 3.05) is 56.8 Å². The number of hydrogen-bond acceptors (Lipinski definition) is 4. The van der Waals surface area contributed by atoms with Crippen LogP contribution in [0.4, 0.5) is 5.69 Å². The summed E-state index contributed by atoms with van der Waals surface area (Å²) in [6.45, 7) is 5.35. The fourth-order valence-corrected chi connectivity index (χ4v) is 3.12. The molecule has 5 nitrogen and oxygen atoms in total. The van der Waals surface area contributed by atoms with Crippen LogP contribution < -0.4 is 15.5 Å². The normalized spacial score (nSPS) is 14.8. The molecular weight excluding hydrogens is 447 g/mol. The minimum absolute atomic E-state index is 0. The monoisotopic (exact) mass is 478 g/mol. The van der Waals surface area contributed by atoms with Gasteiger partial charge in [0.1, 0.15) is 0 Å². The first-order valence-corrected chi connectivity index (χ1v) is 10.1. The van der Waals surface area contributed by atoms with Crippen LogP contribution in [0.25, 0.3) is 0 Å². The van der Waals surface area contributed by atoms with Crippen molar-refractivity contribution >= 4 is 47.4 Å². The standard InChI is InChI=1S/C18H30N4OS.HI/c1-19-18(20-9-3-4-14-24-2)21-15-16-5-7-17(8-6-16)22-10-12-23-13-11-22;/h5-8H,3-4,9-15H2,1-2H3,(H2,19,20,21);1H. The van der Waals surface area contributed by atoms with Crippen molar-refractivity contribution in [1.29, 1.82) is 0 Å². The lowest BCUT2D eigenvalue weighted by Gasteiger charge is -2.28. The topological polar surface area (TPSA) is 48.9 Å². The van der Waals surface area contributed by atoms with E-state index < -0.39 is 0 Å². The van der Waals surface area contributed by atoms with Crippen LogP contribution in [0.15, 0.2) is 29.3 Å². The van der Waals surface area contributed by atoms with Gasteiger partial charge in [-0.3, -0.25) is 4.99 Å². The number of thioether (sulfide) groups is 1. The Labute approximate surface area is 173 Å². The number of nitrogens with zero attached hydrogens (tertiary/aromatic N) is 2. The molecule has 1 aliphatic heterocycles. The van der Waals surface area contributed by atoms with Crippen LogP contribution in [0, 0.1) is 0 Å². The summed E-state index contributed by atoms with van der Waals surface area (Å²) in [4.78, 5) is 6.65. The predicted molar refractivity (Wildman–Crippen MR) is 121 cm³/mol. The number of morpholine rings is 1. The zero-order valence-corrected chi connectivity index (χ0v) is 18.4. The molecule has 0 aliphatic carbocycles. The van der Waals surface area contributed by atoms with Crippen LogP contribution in [0.2, 0.25) is 0 Å². The molecule has 0 bridgehead atoms. The molecule has 1 fully saturated rings. The van der Waals surface area contributed by atoms with Crippen LogP contribution in [-0.2, 0) is 11.3 Å².